The number of thiazole rings is 1. The molecule has 0 aromatic carbocycles. The van der Waals surface area contributed by atoms with Crippen LogP contribution in [0.4, 0.5) is 0 Å². The quantitative estimate of drug-likeness (QED) is 0.775. The van der Waals surface area contributed by atoms with E-state index in [1.807, 2.05) is 0 Å². The molecule has 1 heterocycles. The first-order valence-electron chi connectivity index (χ1n) is 2.93. The molecular weight excluding hydrogens is 186 g/mol. The predicted octanol–water partition coefficient (Wildman–Crippen LogP) is 1.73. The van der Waals surface area contributed by atoms with Crippen LogP contribution in [0.3, 0.4) is 0 Å². The average Bonchev–Trinajstić information content (AvgIpc) is 2.09. The molecule has 11 heavy (non-hydrogen) atoms. The third-order valence-electron chi connectivity index (χ3n) is 1.08. The van der Waals surface area contributed by atoms with Crippen LogP contribution in [0.25, 0.3) is 0 Å². The summed E-state index contributed by atoms with van der Waals surface area (Å²) in [6, 6.07) is 0. The number of carboxylic acid groups (broad SMARTS) is 1. The van der Waals surface area contributed by atoms with Gasteiger partial charge in [0.25, 0.3) is 0 Å². The molecule has 60 valence electrons. The Morgan fingerprint density at radius 2 is 2.45 bits per heavy atom. The first-order chi connectivity index (χ1) is 5.09. The zero-order valence-corrected chi connectivity index (χ0v) is 7.37. The van der Waals surface area contributed by atoms with Crippen LogP contribution in [-0.2, 0) is 11.2 Å². The normalized spacial score (nSPS) is 10.0. The fourth-order valence-electron chi connectivity index (χ4n) is 0.698. The second-order valence-electron chi connectivity index (χ2n) is 2.02. The third kappa shape index (κ3) is 2.17. The summed E-state index contributed by atoms with van der Waals surface area (Å²) in [7, 11) is 0. The van der Waals surface area contributed by atoms with Gasteiger partial charge in [0.05, 0.1) is 17.1 Å². The number of aliphatic carboxylic acids is 1. The van der Waals surface area contributed by atoms with Gasteiger partial charge < -0.3 is 5.11 Å². The summed E-state index contributed by atoms with van der Waals surface area (Å²) in [5, 5.41) is 9.20. The number of carbonyl (C=O) groups is 1. The van der Waals surface area contributed by atoms with Crippen LogP contribution >= 0.6 is 22.9 Å². The van der Waals surface area contributed by atoms with E-state index in [1.54, 1.807) is 6.92 Å². The van der Waals surface area contributed by atoms with E-state index in [4.69, 9.17) is 16.7 Å². The Kier molecular flexibility index (Phi) is 2.46. The van der Waals surface area contributed by atoms with Crippen molar-refractivity contribution in [3.05, 3.63) is 15.0 Å². The van der Waals surface area contributed by atoms with Crippen LogP contribution < -0.4 is 0 Å². The Balaban J connectivity index is 2.85. The fourth-order valence-corrected chi connectivity index (χ4v) is 1.79. The highest BCUT2D eigenvalue weighted by Crippen LogP contribution is 2.23. The first-order valence-corrected chi connectivity index (χ1v) is 4.12. The number of aryl methyl sites for hydroxylation is 1. The standard InChI is InChI=1S/C6H6ClNO2S/c1-3-8-4(2-5(9)10)6(7)11-3/h2H2,1H3,(H,9,10). The minimum Gasteiger partial charge on any atom is -0.481 e. The molecule has 3 nitrogen and oxygen atoms in total. The lowest BCUT2D eigenvalue weighted by Crippen LogP contribution is -2.00. The SMILES string of the molecule is Cc1nc(CC(=O)O)c(Cl)s1. The van der Waals surface area contributed by atoms with Gasteiger partial charge in [-0.2, -0.15) is 0 Å². The van der Waals surface area contributed by atoms with Crippen LogP contribution in [0, 0.1) is 6.92 Å². The van der Waals surface area contributed by atoms with Crippen molar-refractivity contribution in [2.75, 3.05) is 0 Å². The molecule has 0 fully saturated rings. The number of carboxylic acids is 1. The van der Waals surface area contributed by atoms with Gasteiger partial charge in [-0.1, -0.05) is 11.6 Å². The van der Waals surface area contributed by atoms with Crippen molar-refractivity contribution in [1.82, 2.24) is 4.98 Å². The molecule has 1 rings (SSSR count). The van der Waals surface area contributed by atoms with Crippen LogP contribution in [0.5, 0.6) is 0 Å². The van der Waals surface area contributed by atoms with E-state index in [9.17, 15) is 4.79 Å². The second kappa shape index (κ2) is 3.19. The summed E-state index contributed by atoms with van der Waals surface area (Å²) in [6.07, 6.45) is -0.0941. The predicted molar refractivity (Wildman–Crippen MR) is 43.2 cm³/mol. The van der Waals surface area contributed by atoms with E-state index in [0.717, 1.165) is 5.01 Å². The molecule has 1 aromatic heterocycles. The molecule has 0 atom stereocenters. The number of hydrogen-bond donors (Lipinski definition) is 1. The monoisotopic (exact) mass is 191 g/mol. The number of halogens is 1. The molecule has 1 aromatic rings. The van der Waals surface area contributed by atoms with Gasteiger partial charge >= 0.3 is 5.97 Å². The Morgan fingerprint density at radius 3 is 2.82 bits per heavy atom. The summed E-state index contributed by atoms with van der Waals surface area (Å²) in [5.41, 5.74) is 0.460. The maximum absolute atomic E-state index is 10.2. The zero-order chi connectivity index (χ0) is 8.43. The number of aromatic nitrogens is 1. The zero-order valence-electron chi connectivity index (χ0n) is 5.80. The van der Waals surface area contributed by atoms with Crippen LogP contribution in [0.15, 0.2) is 0 Å². The summed E-state index contributed by atoms with van der Waals surface area (Å²) in [4.78, 5) is 14.2. The van der Waals surface area contributed by atoms with Crippen molar-refractivity contribution in [2.45, 2.75) is 13.3 Å². The molecule has 0 radical (unpaired) electrons. The Morgan fingerprint density at radius 1 is 1.82 bits per heavy atom. The molecular formula is C6H6ClNO2S. The Bertz CT molecular complexity index is 284. The van der Waals surface area contributed by atoms with Crippen molar-refractivity contribution in [3.8, 4) is 0 Å². The lowest BCUT2D eigenvalue weighted by atomic mass is 10.3. The van der Waals surface area contributed by atoms with Gasteiger partial charge in [0.2, 0.25) is 0 Å². The number of nitrogens with zero attached hydrogens (tertiary/aromatic N) is 1. The molecule has 0 spiro atoms. The van der Waals surface area contributed by atoms with Crippen LogP contribution in [0.1, 0.15) is 10.7 Å². The molecule has 0 aliphatic carbocycles. The largest absolute Gasteiger partial charge is 0.481 e. The molecule has 1 N–H and O–H groups in total. The summed E-state index contributed by atoms with van der Waals surface area (Å²) >= 11 is 6.98. The molecule has 0 unspecified atom stereocenters. The maximum atomic E-state index is 10.2. The smallest absolute Gasteiger partial charge is 0.309 e. The summed E-state index contributed by atoms with van der Waals surface area (Å²) < 4.78 is 0.477. The number of hydrogen-bond acceptors (Lipinski definition) is 3. The van der Waals surface area contributed by atoms with E-state index < -0.39 is 5.97 Å². The van der Waals surface area contributed by atoms with Crippen LogP contribution in [-0.4, -0.2) is 16.1 Å². The highest BCUT2D eigenvalue weighted by atomic mass is 35.5. The number of rotatable bonds is 2. The van der Waals surface area contributed by atoms with Gasteiger partial charge in [-0.05, 0) is 6.92 Å². The minimum absolute atomic E-state index is 0.0941. The molecule has 5 heteroatoms. The molecule has 0 bridgehead atoms. The highest BCUT2D eigenvalue weighted by molar-refractivity contribution is 7.15. The summed E-state index contributed by atoms with van der Waals surface area (Å²) in [6.45, 7) is 1.79. The molecule has 0 aliphatic rings. The van der Waals surface area contributed by atoms with Crippen molar-refractivity contribution < 1.29 is 9.90 Å². The van der Waals surface area contributed by atoms with Gasteiger partial charge in [0.1, 0.15) is 4.34 Å². The van der Waals surface area contributed by atoms with E-state index >= 15 is 0 Å². The maximum Gasteiger partial charge on any atom is 0.309 e. The molecule has 0 saturated heterocycles. The average molecular weight is 192 g/mol. The molecule has 0 aliphatic heterocycles. The highest BCUT2D eigenvalue weighted by Gasteiger charge is 2.09. The van der Waals surface area contributed by atoms with Gasteiger partial charge in [0, 0.05) is 0 Å². The van der Waals surface area contributed by atoms with Gasteiger partial charge in [-0.25, -0.2) is 4.98 Å². The van der Waals surface area contributed by atoms with Crippen molar-refractivity contribution >= 4 is 28.9 Å². The van der Waals surface area contributed by atoms with E-state index in [0.29, 0.717) is 10.0 Å². The molecule has 0 amide bonds. The second-order valence-corrected chi connectivity index (χ2v) is 3.83. The summed E-state index contributed by atoms with van der Waals surface area (Å²) in [5.74, 6) is -0.905. The van der Waals surface area contributed by atoms with E-state index in [1.165, 1.54) is 11.3 Å². The lowest BCUT2D eigenvalue weighted by Gasteiger charge is -1.88. The minimum atomic E-state index is -0.905. The van der Waals surface area contributed by atoms with Gasteiger partial charge in [-0.3, -0.25) is 4.79 Å². The first kappa shape index (κ1) is 8.49. The topological polar surface area (TPSA) is 50.2 Å². The van der Waals surface area contributed by atoms with E-state index in [2.05, 4.69) is 4.98 Å². The molecule has 0 saturated carbocycles. The van der Waals surface area contributed by atoms with Crippen molar-refractivity contribution in [1.29, 1.82) is 0 Å². The Hall–Kier alpha value is -0.610. The van der Waals surface area contributed by atoms with Crippen LogP contribution in [0.2, 0.25) is 4.34 Å². The van der Waals surface area contributed by atoms with E-state index in [-0.39, 0.29) is 6.42 Å². The van der Waals surface area contributed by atoms with Crippen molar-refractivity contribution in [2.24, 2.45) is 0 Å². The third-order valence-corrected chi connectivity index (χ3v) is 2.33. The van der Waals surface area contributed by atoms with Gasteiger partial charge in [-0.15, -0.1) is 11.3 Å². The van der Waals surface area contributed by atoms with Crippen molar-refractivity contribution in [3.63, 3.8) is 0 Å². The Labute approximate surface area is 72.6 Å². The van der Waals surface area contributed by atoms with Gasteiger partial charge in [0.15, 0.2) is 0 Å². The lowest BCUT2D eigenvalue weighted by molar-refractivity contribution is -0.136. The fraction of sp³-hybridized carbons (Fsp3) is 0.333.